The minimum absolute atomic E-state index is 0.295. The fourth-order valence-electron chi connectivity index (χ4n) is 2.26. The highest BCUT2D eigenvalue weighted by atomic mass is 19.4. The molecule has 0 radical (unpaired) electrons. The molecule has 2 N–H and O–H groups in total. The number of hydrogen-bond acceptors (Lipinski definition) is 4. The smallest absolute Gasteiger partial charge is 0.382 e. The molecule has 0 aliphatic heterocycles. The van der Waals surface area contributed by atoms with E-state index in [9.17, 15) is 18.0 Å². The lowest BCUT2D eigenvalue weighted by Crippen LogP contribution is -2.50. The van der Waals surface area contributed by atoms with Crippen molar-refractivity contribution in [2.24, 2.45) is 0 Å². The summed E-state index contributed by atoms with van der Waals surface area (Å²) in [5, 5.41) is 20.6. The Morgan fingerprint density at radius 2 is 2.05 bits per heavy atom. The number of carbonyl (C=O) groups excluding carboxylic acids is 1. The molecule has 0 heterocycles. The molecule has 5 nitrogen and oxygen atoms in total. The van der Waals surface area contributed by atoms with Crippen LogP contribution >= 0.6 is 0 Å². The summed E-state index contributed by atoms with van der Waals surface area (Å²) >= 11 is 0. The molecule has 1 atom stereocenters. The van der Waals surface area contributed by atoms with Crippen LogP contribution in [0.4, 0.5) is 13.2 Å². The van der Waals surface area contributed by atoms with Gasteiger partial charge >= 0.3 is 6.18 Å². The number of nitriles is 1. The molecule has 1 rings (SSSR count). The van der Waals surface area contributed by atoms with E-state index in [-0.39, 0.29) is 6.54 Å². The zero-order chi connectivity index (χ0) is 15.4. The number of halogens is 3. The summed E-state index contributed by atoms with van der Waals surface area (Å²) < 4.78 is 36.5. The first-order valence-electron chi connectivity index (χ1n) is 6.34. The summed E-state index contributed by atoms with van der Waals surface area (Å²) in [6.45, 7) is -0.979. The van der Waals surface area contributed by atoms with Crippen molar-refractivity contribution in [2.75, 3.05) is 20.1 Å². The van der Waals surface area contributed by atoms with E-state index < -0.39 is 30.3 Å². The molecule has 8 heteroatoms. The lowest BCUT2D eigenvalue weighted by molar-refractivity contribution is -0.207. The summed E-state index contributed by atoms with van der Waals surface area (Å²) in [4.78, 5) is 12.8. The molecule has 114 valence electrons. The second-order valence-electron chi connectivity index (χ2n) is 5.20. The van der Waals surface area contributed by atoms with Gasteiger partial charge in [0.05, 0.1) is 12.6 Å². The highest BCUT2D eigenvalue weighted by molar-refractivity contribution is 5.79. The first kappa shape index (κ1) is 16.7. The Morgan fingerprint density at radius 1 is 1.50 bits per heavy atom. The van der Waals surface area contributed by atoms with E-state index in [1.165, 1.54) is 7.05 Å². The van der Waals surface area contributed by atoms with Crippen molar-refractivity contribution < 1.29 is 23.1 Å². The molecule has 1 aliphatic carbocycles. The van der Waals surface area contributed by atoms with Gasteiger partial charge in [-0.2, -0.15) is 18.4 Å². The number of rotatable bonds is 5. The standard InChI is InChI=1S/C12H18F3N3O2/c1-18(6-9(19)12(13,14)15)7-10(20)17-11(8-16)4-2-3-5-11/h9,19H,2-7H2,1H3,(H,17,20). The Labute approximate surface area is 115 Å². The monoisotopic (exact) mass is 293 g/mol. The van der Waals surface area contributed by atoms with Crippen molar-refractivity contribution in [3.63, 3.8) is 0 Å². The summed E-state index contributed by atoms with van der Waals surface area (Å²) in [6, 6.07) is 2.07. The SMILES string of the molecule is CN(CC(=O)NC1(C#N)CCCC1)CC(O)C(F)(F)F. The number of alkyl halides is 3. The molecule has 0 saturated heterocycles. The zero-order valence-corrected chi connectivity index (χ0v) is 11.2. The maximum Gasteiger partial charge on any atom is 0.415 e. The molecule has 0 aromatic heterocycles. The van der Waals surface area contributed by atoms with E-state index in [4.69, 9.17) is 10.4 Å². The van der Waals surface area contributed by atoms with Gasteiger partial charge in [-0.25, -0.2) is 0 Å². The molecule has 1 saturated carbocycles. The number of aliphatic hydroxyl groups excluding tert-OH is 1. The van der Waals surface area contributed by atoms with Crippen LogP contribution in [0, 0.1) is 11.3 Å². The predicted molar refractivity (Wildman–Crippen MR) is 64.5 cm³/mol. The van der Waals surface area contributed by atoms with Crippen LogP contribution in [0.15, 0.2) is 0 Å². The Balaban J connectivity index is 2.44. The van der Waals surface area contributed by atoms with Crippen LogP contribution in [0.3, 0.4) is 0 Å². The average molecular weight is 293 g/mol. The van der Waals surface area contributed by atoms with Gasteiger partial charge in [-0.15, -0.1) is 0 Å². The summed E-state index contributed by atoms with van der Waals surface area (Å²) in [6.07, 6.45) is -4.39. The van der Waals surface area contributed by atoms with Crippen LogP contribution in [0.1, 0.15) is 25.7 Å². The lowest BCUT2D eigenvalue weighted by Gasteiger charge is -2.25. The highest BCUT2D eigenvalue weighted by Crippen LogP contribution is 2.28. The summed E-state index contributed by atoms with van der Waals surface area (Å²) in [7, 11) is 1.31. The van der Waals surface area contributed by atoms with Gasteiger partial charge in [0, 0.05) is 6.54 Å². The normalized spacial score (nSPS) is 19.6. The van der Waals surface area contributed by atoms with Crippen LogP contribution < -0.4 is 5.32 Å². The van der Waals surface area contributed by atoms with E-state index in [0.29, 0.717) is 12.8 Å². The third kappa shape index (κ3) is 4.65. The Morgan fingerprint density at radius 3 is 2.50 bits per heavy atom. The quantitative estimate of drug-likeness (QED) is 0.786. The maximum atomic E-state index is 12.2. The number of nitrogens with one attached hydrogen (secondary N) is 1. The van der Waals surface area contributed by atoms with Crippen molar-refractivity contribution in [1.29, 1.82) is 5.26 Å². The van der Waals surface area contributed by atoms with Crippen molar-refractivity contribution in [3.05, 3.63) is 0 Å². The van der Waals surface area contributed by atoms with Crippen LogP contribution in [0.25, 0.3) is 0 Å². The molecule has 0 bridgehead atoms. The fraction of sp³-hybridized carbons (Fsp3) is 0.833. The molecule has 1 unspecified atom stereocenters. The second-order valence-corrected chi connectivity index (χ2v) is 5.20. The number of aliphatic hydroxyl groups is 1. The van der Waals surface area contributed by atoms with E-state index in [1.54, 1.807) is 0 Å². The molecule has 0 aromatic carbocycles. The van der Waals surface area contributed by atoms with Crippen molar-refractivity contribution in [1.82, 2.24) is 10.2 Å². The Hall–Kier alpha value is -1.33. The van der Waals surface area contributed by atoms with Gasteiger partial charge in [0.2, 0.25) is 5.91 Å². The number of amides is 1. The van der Waals surface area contributed by atoms with Gasteiger partial charge in [0.1, 0.15) is 5.54 Å². The van der Waals surface area contributed by atoms with Gasteiger partial charge < -0.3 is 10.4 Å². The molecular weight excluding hydrogens is 275 g/mol. The van der Waals surface area contributed by atoms with E-state index in [1.807, 2.05) is 0 Å². The van der Waals surface area contributed by atoms with E-state index >= 15 is 0 Å². The zero-order valence-electron chi connectivity index (χ0n) is 11.2. The Bertz CT molecular complexity index is 386. The molecular formula is C12H18F3N3O2. The van der Waals surface area contributed by atoms with Crippen LogP contribution in [-0.4, -0.2) is 53.9 Å². The molecule has 1 aliphatic rings. The topological polar surface area (TPSA) is 76.4 Å². The maximum absolute atomic E-state index is 12.2. The number of nitrogens with zero attached hydrogens (tertiary/aromatic N) is 2. The molecule has 1 amide bonds. The van der Waals surface area contributed by atoms with Gasteiger partial charge in [-0.1, -0.05) is 0 Å². The number of likely N-dealkylation sites (N-methyl/N-ethyl adjacent to an activating group) is 1. The first-order chi connectivity index (χ1) is 9.18. The van der Waals surface area contributed by atoms with Crippen molar-refractivity contribution in [3.8, 4) is 6.07 Å². The predicted octanol–water partition coefficient (Wildman–Crippen LogP) is 0.794. The highest BCUT2D eigenvalue weighted by Gasteiger charge is 2.39. The summed E-state index contributed by atoms with van der Waals surface area (Å²) in [5.74, 6) is -0.509. The minimum Gasteiger partial charge on any atom is -0.382 e. The van der Waals surface area contributed by atoms with Crippen LogP contribution in [-0.2, 0) is 4.79 Å². The minimum atomic E-state index is -4.70. The molecule has 0 aromatic rings. The third-order valence-electron chi connectivity index (χ3n) is 3.33. The van der Waals surface area contributed by atoms with E-state index in [2.05, 4.69) is 11.4 Å². The molecule has 20 heavy (non-hydrogen) atoms. The largest absolute Gasteiger partial charge is 0.415 e. The summed E-state index contributed by atoms with van der Waals surface area (Å²) in [5.41, 5.74) is -0.888. The van der Waals surface area contributed by atoms with Gasteiger partial charge in [-0.3, -0.25) is 9.69 Å². The van der Waals surface area contributed by atoms with Crippen LogP contribution in [0.5, 0.6) is 0 Å². The van der Waals surface area contributed by atoms with E-state index in [0.717, 1.165) is 17.7 Å². The second kappa shape index (κ2) is 6.41. The third-order valence-corrected chi connectivity index (χ3v) is 3.33. The Kier molecular flexibility index (Phi) is 5.36. The number of carbonyl (C=O) groups is 1. The van der Waals surface area contributed by atoms with Gasteiger partial charge in [0.15, 0.2) is 6.10 Å². The first-order valence-corrected chi connectivity index (χ1v) is 6.34. The average Bonchev–Trinajstić information content (AvgIpc) is 2.76. The van der Waals surface area contributed by atoms with Gasteiger partial charge in [0.25, 0.3) is 0 Å². The molecule has 0 spiro atoms. The number of hydrogen-bond donors (Lipinski definition) is 2. The molecule has 1 fully saturated rings. The van der Waals surface area contributed by atoms with Crippen molar-refractivity contribution >= 4 is 5.91 Å². The van der Waals surface area contributed by atoms with Crippen molar-refractivity contribution in [2.45, 2.75) is 43.5 Å². The lowest BCUT2D eigenvalue weighted by atomic mass is 10.00. The van der Waals surface area contributed by atoms with Gasteiger partial charge in [-0.05, 0) is 32.7 Å². The van der Waals surface area contributed by atoms with Crippen LogP contribution in [0.2, 0.25) is 0 Å². The fourth-order valence-corrected chi connectivity index (χ4v) is 2.26.